The molecule has 0 bridgehead atoms. The zero-order valence-electron chi connectivity index (χ0n) is 26.8. The molecule has 0 atom stereocenters. The average molecular weight is 605 g/mol. The zero-order valence-corrected chi connectivity index (χ0v) is 26.8. The van der Waals surface area contributed by atoms with E-state index in [4.69, 9.17) is 0 Å². The van der Waals surface area contributed by atoms with Crippen molar-refractivity contribution in [1.29, 1.82) is 0 Å². The summed E-state index contributed by atoms with van der Waals surface area (Å²) in [4.78, 5) is 4.63. The molecule has 0 aliphatic heterocycles. The van der Waals surface area contributed by atoms with Gasteiger partial charge in [0.15, 0.2) is 0 Å². The van der Waals surface area contributed by atoms with E-state index in [1.807, 2.05) is 0 Å². The second-order valence-corrected chi connectivity index (χ2v) is 12.5. The van der Waals surface area contributed by atoms with E-state index in [-0.39, 0.29) is 0 Å². The van der Waals surface area contributed by atoms with Crippen molar-refractivity contribution in [2.45, 2.75) is 20.3 Å². The summed E-state index contributed by atoms with van der Waals surface area (Å²) in [5.74, 6) is 0. The van der Waals surface area contributed by atoms with Crippen LogP contribution < -0.4 is 9.80 Å². The number of aryl methyl sites for hydroxylation is 2. The van der Waals surface area contributed by atoms with Crippen LogP contribution in [-0.2, 0) is 6.42 Å². The van der Waals surface area contributed by atoms with Gasteiger partial charge < -0.3 is 9.80 Å². The van der Waals surface area contributed by atoms with Crippen LogP contribution in [0, 0.1) is 13.8 Å². The van der Waals surface area contributed by atoms with Crippen molar-refractivity contribution in [2.75, 3.05) is 9.80 Å². The molecule has 7 aromatic rings. The molecule has 0 fully saturated rings. The maximum absolute atomic E-state index is 2.37. The Morgan fingerprint density at radius 1 is 0.340 bits per heavy atom. The predicted molar refractivity (Wildman–Crippen MR) is 199 cm³/mol. The number of para-hydroxylation sites is 2. The minimum absolute atomic E-state index is 1.00. The SMILES string of the molecule is Cc1ccc(N(c2ccccc2)c2ccc(N(c3ccccc3)c3ccc(-c4ccc5c(c4)Cc4cc(C)ccc4-5)cc3)cc2)cc1. The van der Waals surface area contributed by atoms with Crippen molar-refractivity contribution >= 4 is 34.1 Å². The third-order valence-corrected chi connectivity index (χ3v) is 9.18. The average Bonchev–Trinajstić information content (AvgIpc) is 3.48. The maximum atomic E-state index is 2.37. The Bertz CT molecular complexity index is 2150. The van der Waals surface area contributed by atoms with Crippen LogP contribution in [-0.4, -0.2) is 0 Å². The first-order valence-electron chi connectivity index (χ1n) is 16.3. The first-order valence-corrected chi connectivity index (χ1v) is 16.3. The van der Waals surface area contributed by atoms with Gasteiger partial charge in [0.25, 0.3) is 0 Å². The lowest BCUT2D eigenvalue weighted by molar-refractivity contribution is 1.25. The van der Waals surface area contributed by atoms with Gasteiger partial charge in [-0.25, -0.2) is 0 Å². The van der Waals surface area contributed by atoms with Crippen molar-refractivity contribution < 1.29 is 0 Å². The Hall–Kier alpha value is -5.86. The van der Waals surface area contributed by atoms with Crippen LogP contribution in [0.4, 0.5) is 34.1 Å². The van der Waals surface area contributed by atoms with E-state index in [2.05, 4.69) is 194 Å². The second-order valence-electron chi connectivity index (χ2n) is 12.5. The van der Waals surface area contributed by atoms with Crippen LogP contribution in [0.25, 0.3) is 22.3 Å². The zero-order chi connectivity index (χ0) is 31.7. The van der Waals surface area contributed by atoms with Crippen LogP contribution in [0.5, 0.6) is 0 Å². The fourth-order valence-corrected chi connectivity index (χ4v) is 6.82. The van der Waals surface area contributed by atoms with Gasteiger partial charge in [-0.05, 0) is 126 Å². The molecule has 8 rings (SSSR count). The second kappa shape index (κ2) is 12.2. The van der Waals surface area contributed by atoms with Crippen LogP contribution in [0.2, 0.25) is 0 Å². The standard InChI is InChI=1S/C45H36N2/c1-32-13-19-40(20-14-32)46(38-9-5-3-6-10-38)42-23-25-43(26-24-42)47(39-11-7-4-8-12-39)41-21-16-34(17-22-41)35-18-28-45-37(30-35)31-36-29-33(2)15-27-44(36)45/h3-30H,31H2,1-2H3. The summed E-state index contributed by atoms with van der Waals surface area (Å²) in [5, 5.41) is 0. The molecule has 47 heavy (non-hydrogen) atoms. The highest BCUT2D eigenvalue weighted by molar-refractivity contribution is 5.83. The molecule has 1 aliphatic carbocycles. The monoisotopic (exact) mass is 604 g/mol. The Morgan fingerprint density at radius 3 is 1.26 bits per heavy atom. The van der Waals surface area contributed by atoms with E-state index >= 15 is 0 Å². The van der Waals surface area contributed by atoms with E-state index in [1.54, 1.807) is 0 Å². The maximum Gasteiger partial charge on any atom is 0.0463 e. The van der Waals surface area contributed by atoms with Crippen molar-refractivity contribution in [1.82, 2.24) is 0 Å². The lowest BCUT2D eigenvalue weighted by Crippen LogP contribution is -2.12. The van der Waals surface area contributed by atoms with Crippen LogP contribution >= 0.6 is 0 Å². The summed E-state index contributed by atoms with van der Waals surface area (Å²) < 4.78 is 0. The molecule has 0 spiro atoms. The van der Waals surface area contributed by atoms with Crippen molar-refractivity contribution in [3.63, 3.8) is 0 Å². The Balaban J connectivity index is 1.12. The lowest BCUT2D eigenvalue weighted by atomic mass is 9.98. The number of hydrogen-bond acceptors (Lipinski definition) is 2. The molecule has 0 amide bonds. The molecule has 0 saturated heterocycles. The third-order valence-electron chi connectivity index (χ3n) is 9.18. The highest BCUT2D eigenvalue weighted by Gasteiger charge is 2.20. The lowest BCUT2D eigenvalue weighted by Gasteiger charge is -2.28. The van der Waals surface area contributed by atoms with E-state index in [0.29, 0.717) is 0 Å². The molecular formula is C45H36N2. The number of nitrogens with zero attached hydrogens (tertiary/aromatic N) is 2. The Morgan fingerprint density at radius 2 is 0.723 bits per heavy atom. The molecular weight excluding hydrogens is 569 g/mol. The molecule has 0 saturated carbocycles. The summed E-state index contributed by atoms with van der Waals surface area (Å²) in [6.45, 7) is 4.30. The van der Waals surface area contributed by atoms with Crippen molar-refractivity contribution in [2.24, 2.45) is 0 Å². The number of hydrogen-bond donors (Lipinski definition) is 0. The topological polar surface area (TPSA) is 6.48 Å². The molecule has 1 aliphatic rings. The number of benzene rings is 7. The number of fused-ring (bicyclic) bond motifs is 3. The number of anilines is 6. The molecule has 0 aromatic heterocycles. The minimum atomic E-state index is 1.00. The van der Waals surface area contributed by atoms with Gasteiger partial charge >= 0.3 is 0 Å². The van der Waals surface area contributed by atoms with Gasteiger partial charge in [0, 0.05) is 34.1 Å². The van der Waals surface area contributed by atoms with E-state index in [9.17, 15) is 0 Å². The van der Waals surface area contributed by atoms with Crippen molar-refractivity contribution in [3.05, 3.63) is 192 Å². The molecule has 0 heterocycles. The van der Waals surface area contributed by atoms with Gasteiger partial charge in [0.1, 0.15) is 0 Å². The highest BCUT2D eigenvalue weighted by atomic mass is 15.2. The van der Waals surface area contributed by atoms with E-state index in [0.717, 1.165) is 40.5 Å². The quantitative estimate of drug-likeness (QED) is 0.179. The summed E-state index contributed by atoms with van der Waals surface area (Å²) in [6, 6.07) is 61.5. The van der Waals surface area contributed by atoms with Gasteiger partial charge in [-0.2, -0.15) is 0 Å². The molecule has 2 heteroatoms. The predicted octanol–water partition coefficient (Wildman–Crippen LogP) is 12.5. The fourth-order valence-electron chi connectivity index (χ4n) is 6.82. The van der Waals surface area contributed by atoms with Crippen LogP contribution in [0.1, 0.15) is 22.3 Å². The highest BCUT2D eigenvalue weighted by Crippen LogP contribution is 2.41. The van der Waals surface area contributed by atoms with Gasteiger partial charge in [0.2, 0.25) is 0 Å². The third kappa shape index (κ3) is 5.60. The molecule has 2 nitrogen and oxygen atoms in total. The molecule has 7 aromatic carbocycles. The van der Waals surface area contributed by atoms with Gasteiger partial charge in [0.05, 0.1) is 0 Å². The van der Waals surface area contributed by atoms with Gasteiger partial charge in [-0.3, -0.25) is 0 Å². The first-order chi connectivity index (χ1) is 23.1. The summed E-state index contributed by atoms with van der Waals surface area (Å²) in [6.07, 6.45) is 1.00. The summed E-state index contributed by atoms with van der Waals surface area (Å²) >= 11 is 0. The fraction of sp³-hybridized carbons (Fsp3) is 0.0667. The smallest absolute Gasteiger partial charge is 0.0463 e. The summed E-state index contributed by atoms with van der Waals surface area (Å²) in [5.41, 5.74) is 17.4. The van der Waals surface area contributed by atoms with Crippen LogP contribution in [0.15, 0.2) is 170 Å². The summed E-state index contributed by atoms with van der Waals surface area (Å²) in [7, 11) is 0. The van der Waals surface area contributed by atoms with Crippen LogP contribution in [0.3, 0.4) is 0 Å². The molecule has 0 N–H and O–H groups in total. The van der Waals surface area contributed by atoms with Crippen molar-refractivity contribution in [3.8, 4) is 22.3 Å². The Labute approximate surface area is 277 Å². The molecule has 0 unspecified atom stereocenters. The largest absolute Gasteiger partial charge is 0.311 e. The van der Waals surface area contributed by atoms with E-state index in [1.165, 1.54) is 44.5 Å². The number of rotatable bonds is 7. The van der Waals surface area contributed by atoms with Gasteiger partial charge in [-0.15, -0.1) is 0 Å². The molecule has 226 valence electrons. The van der Waals surface area contributed by atoms with Gasteiger partial charge in [-0.1, -0.05) is 108 Å². The normalized spacial score (nSPS) is 11.5. The van der Waals surface area contributed by atoms with E-state index < -0.39 is 0 Å². The minimum Gasteiger partial charge on any atom is -0.311 e. The first kappa shape index (κ1) is 28.6. The Kier molecular flexibility index (Phi) is 7.39. The molecule has 0 radical (unpaired) electrons.